The van der Waals surface area contributed by atoms with Crippen molar-refractivity contribution in [1.82, 2.24) is 10.2 Å². The number of rotatable bonds is 4. The molecule has 1 aliphatic rings. The molecule has 0 amide bonds. The van der Waals surface area contributed by atoms with Gasteiger partial charge in [0.2, 0.25) is 0 Å². The van der Waals surface area contributed by atoms with Crippen molar-refractivity contribution in [2.24, 2.45) is 0 Å². The van der Waals surface area contributed by atoms with Crippen LogP contribution in [0.1, 0.15) is 17.2 Å². The number of aliphatic hydroxyl groups excluding tert-OH is 1. The molecule has 0 aliphatic carbocycles. The van der Waals surface area contributed by atoms with Crippen LogP contribution in [0.15, 0.2) is 12.1 Å². The number of hydrogen-bond acceptors (Lipinski definition) is 3. The molecule has 1 fully saturated rings. The first-order valence-electron chi connectivity index (χ1n) is 7.07. The van der Waals surface area contributed by atoms with Crippen LogP contribution in [0.2, 0.25) is 5.02 Å². The van der Waals surface area contributed by atoms with Gasteiger partial charge in [-0.05, 0) is 12.1 Å². The number of nitrogens with one attached hydrogen (secondary N) is 1. The first kappa shape index (κ1) is 22.3. The lowest BCUT2D eigenvalue weighted by Crippen LogP contribution is -2.51. The molecular weight excluding hydrogens is 397 g/mol. The van der Waals surface area contributed by atoms with Crippen molar-refractivity contribution in [2.45, 2.75) is 18.1 Å². The van der Waals surface area contributed by atoms with Crippen molar-refractivity contribution >= 4 is 24.0 Å². The molecule has 11 heteroatoms. The van der Waals surface area contributed by atoms with Crippen molar-refractivity contribution < 1.29 is 31.4 Å². The van der Waals surface area contributed by atoms with Gasteiger partial charge in [0.15, 0.2) is 0 Å². The molecule has 25 heavy (non-hydrogen) atoms. The Balaban J connectivity index is 0.00000312. The lowest BCUT2D eigenvalue weighted by atomic mass is 9.95. The summed E-state index contributed by atoms with van der Waals surface area (Å²) in [6.07, 6.45) is -4.87. The highest BCUT2D eigenvalue weighted by molar-refractivity contribution is 6.30. The van der Waals surface area contributed by atoms with Crippen LogP contribution in [0.5, 0.6) is 0 Å². The molecule has 1 aliphatic heterocycles. The van der Waals surface area contributed by atoms with Gasteiger partial charge in [-0.25, -0.2) is 13.2 Å². The Morgan fingerprint density at radius 3 is 2.20 bits per heavy atom. The van der Waals surface area contributed by atoms with E-state index in [1.807, 2.05) is 0 Å². The maximum Gasteiger partial charge on any atom is 0.416 e. The monoisotopic (exact) mass is 412 g/mol. The van der Waals surface area contributed by atoms with Gasteiger partial charge in [-0.3, -0.25) is 4.90 Å². The maximum atomic E-state index is 14.3. The minimum Gasteiger partial charge on any atom is -0.390 e. The average Bonchev–Trinajstić information content (AvgIpc) is 2.51. The highest BCUT2D eigenvalue weighted by Gasteiger charge is 2.46. The first-order chi connectivity index (χ1) is 11.1. The van der Waals surface area contributed by atoms with Crippen LogP contribution < -0.4 is 5.32 Å². The zero-order chi connectivity index (χ0) is 18.1. The fourth-order valence-corrected chi connectivity index (χ4v) is 2.92. The third kappa shape index (κ3) is 4.91. The van der Waals surface area contributed by atoms with Gasteiger partial charge in [-0.15, -0.1) is 12.4 Å². The second-order valence-corrected chi connectivity index (χ2v) is 5.87. The number of benzene rings is 1. The number of alkyl halides is 5. The number of halogens is 8. The molecule has 2 N–H and O–H groups in total. The highest BCUT2D eigenvalue weighted by Crippen LogP contribution is 2.42. The van der Waals surface area contributed by atoms with E-state index in [1.54, 1.807) is 0 Å². The fraction of sp³-hybridized carbons (Fsp3) is 0.571. The second kappa shape index (κ2) is 8.30. The molecule has 1 saturated heterocycles. The van der Waals surface area contributed by atoms with Crippen molar-refractivity contribution in [3.05, 3.63) is 34.1 Å². The summed E-state index contributed by atoms with van der Waals surface area (Å²) in [6.45, 7) is -0.880. The second-order valence-electron chi connectivity index (χ2n) is 5.47. The molecular formula is C14H16Cl2F6N2O. The van der Waals surface area contributed by atoms with Crippen LogP contribution in [-0.2, 0) is 6.18 Å². The summed E-state index contributed by atoms with van der Waals surface area (Å²) in [5.41, 5.74) is -2.20. The van der Waals surface area contributed by atoms with Gasteiger partial charge in [0, 0.05) is 31.7 Å². The van der Waals surface area contributed by atoms with Gasteiger partial charge in [0.25, 0.3) is 5.92 Å². The van der Waals surface area contributed by atoms with E-state index in [9.17, 15) is 26.3 Å². The zero-order valence-corrected chi connectivity index (χ0v) is 14.3. The molecule has 3 nitrogen and oxygen atoms in total. The smallest absolute Gasteiger partial charge is 0.390 e. The van der Waals surface area contributed by atoms with Crippen molar-refractivity contribution in [1.29, 1.82) is 0 Å². The summed E-state index contributed by atoms with van der Waals surface area (Å²) in [5, 5.41) is 11.0. The van der Waals surface area contributed by atoms with Gasteiger partial charge in [0.1, 0.15) is 18.5 Å². The molecule has 0 saturated carbocycles. The topological polar surface area (TPSA) is 35.5 Å². The predicted molar refractivity (Wildman–Crippen MR) is 82.9 cm³/mol. The molecule has 0 radical (unpaired) electrons. The minimum atomic E-state index is -4.87. The molecule has 1 heterocycles. The number of aliphatic hydroxyl groups is 1. The van der Waals surface area contributed by atoms with Gasteiger partial charge < -0.3 is 10.4 Å². The van der Waals surface area contributed by atoms with E-state index >= 15 is 0 Å². The summed E-state index contributed by atoms with van der Waals surface area (Å²) in [6, 6.07) is -1.37. The van der Waals surface area contributed by atoms with E-state index in [2.05, 4.69) is 5.32 Å². The lowest BCUT2D eigenvalue weighted by molar-refractivity contribution is -0.138. The zero-order valence-electron chi connectivity index (χ0n) is 12.7. The van der Waals surface area contributed by atoms with E-state index < -0.39 is 46.7 Å². The molecule has 0 spiro atoms. The van der Waals surface area contributed by atoms with Gasteiger partial charge in [-0.1, -0.05) is 11.6 Å². The molecule has 2 rings (SSSR count). The Morgan fingerprint density at radius 2 is 1.72 bits per heavy atom. The molecule has 1 aromatic carbocycles. The molecule has 1 aromatic rings. The predicted octanol–water partition coefficient (Wildman–Crippen LogP) is 3.49. The molecule has 1 atom stereocenters. The van der Waals surface area contributed by atoms with Crippen molar-refractivity contribution in [2.75, 3.05) is 32.8 Å². The van der Waals surface area contributed by atoms with Crippen LogP contribution in [0.25, 0.3) is 0 Å². The number of nitrogens with zero attached hydrogens (tertiary/aromatic N) is 1. The van der Waals surface area contributed by atoms with Crippen LogP contribution in [0, 0.1) is 5.82 Å². The van der Waals surface area contributed by atoms with Gasteiger partial charge >= 0.3 is 6.18 Å². The number of piperazine rings is 1. The standard InChI is InChI=1S/C14H15ClF6N2O.ClH/c15-10-6-8(14(19,20)21)5-9(11(10)16)12(13(17,18)7-24)23-3-1-22-2-4-23;/h5-6,12,22,24H,1-4,7H2;1H/t12-;/m1./s1. The Morgan fingerprint density at radius 1 is 1.16 bits per heavy atom. The third-order valence-corrected chi connectivity index (χ3v) is 4.08. The van der Waals surface area contributed by atoms with Crippen LogP contribution in [0.3, 0.4) is 0 Å². The van der Waals surface area contributed by atoms with Crippen LogP contribution >= 0.6 is 24.0 Å². The summed E-state index contributed by atoms with van der Waals surface area (Å²) < 4.78 is 81.5. The Labute approximate surface area is 151 Å². The average molecular weight is 413 g/mol. The van der Waals surface area contributed by atoms with E-state index in [0.717, 1.165) is 4.90 Å². The Kier molecular flexibility index (Phi) is 7.41. The largest absolute Gasteiger partial charge is 0.416 e. The van der Waals surface area contributed by atoms with Gasteiger partial charge in [-0.2, -0.15) is 13.2 Å². The normalized spacial score (nSPS) is 17.9. The van der Waals surface area contributed by atoms with E-state index in [4.69, 9.17) is 16.7 Å². The molecule has 0 unspecified atom stereocenters. The lowest BCUT2D eigenvalue weighted by Gasteiger charge is -2.39. The summed E-state index contributed by atoms with van der Waals surface area (Å²) in [4.78, 5) is 1.14. The fourth-order valence-electron chi connectivity index (χ4n) is 2.69. The van der Waals surface area contributed by atoms with E-state index in [1.165, 1.54) is 0 Å². The Bertz CT molecular complexity index is 593. The minimum absolute atomic E-state index is 0. The third-order valence-electron chi connectivity index (χ3n) is 3.81. The van der Waals surface area contributed by atoms with Crippen LogP contribution in [-0.4, -0.2) is 48.7 Å². The van der Waals surface area contributed by atoms with E-state index in [-0.39, 0.29) is 25.5 Å². The quantitative estimate of drug-likeness (QED) is 0.743. The number of hydrogen-bond donors (Lipinski definition) is 2. The molecule has 0 bridgehead atoms. The van der Waals surface area contributed by atoms with Crippen molar-refractivity contribution in [3.63, 3.8) is 0 Å². The van der Waals surface area contributed by atoms with Gasteiger partial charge in [0.05, 0.1) is 10.6 Å². The van der Waals surface area contributed by atoms with Crippen LogP contribution in [0.4, 0.5) is 26.3 Å². The summed E-state index contributed by atoms with van der Waals surface area (Å²) in [7, 11) is 0. The molecule has 144 valence electrons. The maximum absolute atomic E-state index is 14.3. The van der Waals surface area contributed by atoms with E-state index in [0.29, 0.717) is 25.2 Å². The SMILES string of the molecule is Cl.OCC(F)(F)[C@@H](c1cc(C(F)(F)F)cc(Cl)c1F)N1CCNCC1. The molecule has 0 aromatic heterocycles. The Hall–Kier alpha value is -0.740. The summed E-state index contributed by atoms with van der Waals surface area (Å²) in [5.74, 6) is -5.19. The first-order valence-corrected chi connectivity index (χ1v) is 7.45. The van der Waals surface area contributed by atoms with Crippen molar-refractivity contribution in [3.8, 4) is 0 Å². The highest BCUT2D eigenvalue weighted by atomic mass is 35.5. The summed E-state index contributed by atoms with van der Waals surface area (Å²) >= 11 is 5.49.